The van der Waals surface area contributed by atoms with Crippen LogP contribution in [0.3, 0.4) is 0 Å². The number of furan rings is 1. The number of hydrogen-bond acceptors (Lipinski definition) is 2. The van der Waals surface area contributed by atoms with E-state index in [9.17, 15) is 4.39 Å². The fraction of sp³-hybridized carbons (Fsp3) is 0.231. The lowest BCUT2D eigenvalue weighted by Crippen LogP contribution is -2.12. The molecular weight excluding hydrogens is 205 g/mol. The van der Waals surface area contributed by atoms with Crippen LogP contribution in [0, 0.1) is 5.82 Å². The van der Waals surface area contributed by atoms with Crippen LogP contribution in [0.15, 0.2) is 41.0 Å². The zero-order chi connectivity index (χ0) is 11.4. The van der Waals surface area contributed by atoms with E-state index in [4.69, 9.17) is 4.42 Å². The third kappa shape index (κ3) is 2.31. The third-order valence-electron chi connectivity index (χ3n) is 2.42. The largest absolute Gasteiger partial charge is 0.464 e. The molecule has 2 aromatic rings. The number of halogens is 1. The number of rotatable bonds is 4. The maximum Gasteiger partial charge on any atom is 0.134 e. The van der Waals surface area contributed by atoms with Crippen LogP contribution < -0.4 is 5.32 Å². The van der Waals surface area contributed by atoms with Gasteiger partial charge >= 0.3 is 0 Å². The first kappa shape index (κ1) is 10.9. The third-order valence-corrected chi connectivity index (χ3v) is 2.42. The lowest BCUT2D eigenvalue weighted by molar-refractivity contribution is 0.579. The minimum atomic E-state index is -0.219. The molecule has 1 heterocycles. The van der Waals surface area contributed by atoms with E-state index in [2.05, 4.69) is 5.32 Å². The summed E-state index contributed by atoms with van der Waals surface area (Å²) in [6.07, 6.45) is 1.62. The zero-order valence-electron chi connectivity index (χ0n) is 9.16. The van der Waals surface area contributed by atoms with Crippen LogP contribution in [0.4, 0.5) is 4.39 Å². The molecule has 0 radical (unpaired) electrons. The van der Waals surface area contributed by atoms with Gasteiger partial charge in [-0.25, -0.2) is 4.39 Å². The molecule has 0 spiro atoms. The minimum absolute atomic E-state index is 0.219. The minimum Gasteiger partial charge on any atom is -0.464 e. The van der Waals surface area contributed by atoms with E-state index in [1.165, 1.54) is 6.07 Å². The first-order valence-electron chi connectivity index (χ1n) is 5.34. The van der Waals surface area contributed by atoms with Gasteiger partial charge in [-0.1, -0.05) is 6.92 Å². The van der Waals surface area contributed by atoms with Crippen molar-refractivity contribution in [2.75, 3.05) is 6.54 Å². The van der Waals surface area contributed by atoms with Gasteiger partial charge in [0.25, 0.3) is 0 Å². The van der Waals surface area contributed by atoms with Gasteiger partial charge in [-0.3, -0.25) is 0 Å². The average Bonchev–Trinajstić information content (AvgIpc) is 2.80. The van der Waals surface area contributed by atoms with E-state index in [1.807, 2.05) is 19.1 Å². The molecule has 1 aromatic heterocycles. The smallest absolute Gasteiger partial charge is 0.134 e. The first-order chi connectivity index (χ1) is 7.81. The summed E-state index contributed by atoms with van der Waals surface area (Å²) < 4.78 is 18.5. The normalized spacial score (nSPS) is 10.6. The maximum absolute atomic E-state index is 13.2. The van der Waals surface area contributed by atoms with Gasteiger partial charge in [-0.2, -0.15) is 0 Å². The van der Waals surface area contributed by atoms with Crippen LogP contribution in [0.25, 0.3) is 11.3 Å². The SMILES string of the molecule is CCNCc1cc(F)ccc1-c1ccco1. The predicted octanol–water partition coefficient (Wildman–Crippen LogP) is 3.20. The lowest BCUT2D eigenvalue weighted by atomic mass is 10.1. The van der Waals surface area contributed by atoms with Crippen LogP contribution in [0.1, 0.15) is 12.5 Å². The van der Waals surface area contributed by atoms with Gasteiger partial charge in [0, 0.05) is 12.1 Å². The monoisotopic (exact) mass is 219 g/mol. The molecule has 0 aliphatic rings. The summed E-state index contributed by atoms with van der Waals surface area (Å²) in [5.74, 6) is 0.552. The molecule has 0 aliphatic carbocycles. The van der Waals surface area contributed by atoms with Gasteiger partial charge in [0.15, 0.2) is 0 Å². The highest BCUT2D eigenvalue weighted by Gasteiger charge is 2.08. The molecule has 0 atom stereocenters. The van der Waals surface area contributed by atoms with Crippen molar-refractivity contribution in [3.05, 3.63) is 48.0 Å². The van der Waals surface area contributed by atoms with Crippen LogP contribution in [-0.4, -0.2) is 6.54 Å². The molecule has 0 bridgehead atoms. The summed E-state index contributed by atoms with van der Waals surface area (Å²) in [5.41, 5.74) is 1.85. The Labute approximate surface area is 94.1 Å². The number of nitrogens with one attached hydrogen (secondary N) is 1. The highest BCUT2D eigenvalue weighted by Crippen LogP contribution is 2.24. The molecule has 0 saturated heterocycles. The van der Waals surface area contributed by atoms with E-state index in [0.29, 0.717) is 6.54 Å². The van der Waals surface area contributed by atoms with Crippen molar-refractivity contribution in [1.82, 2.24) is 5.32 Å². The Balaban J connectivity index is 2.36. The molecule has 84 valence electrons. The molecule has 0 aliphatic heterocycles. The second-order valence-corrected chi connectivity index (χ2v) is 3.56. The summed E-state index contributed by atoms with van der Waals surface area (Å²) >= 11 is 0. The van der Waals surface area contributed by atoms with Crippen molar-refractivity contribution < 1.29 is 8.81 Å². The quantitative estimate of drug-likeness (QED) is 0.854. The van der Waals surface area contributed by atoms with Gasteiger partial charge in [-0.05, 0) is 42.4 Å². The van der Waals surface area contributed by atoms with E-state index in [1.54, 1.807) is 18.4 Å². The standard InChI is InChI=1S/C13H14FNO/c1-2-15-9-10-8-11(14)5-6-12(10)13-4-3-7-16-13/h3-8,15H,2,9H2,1H3. The van der Waals surface area contributed by atoms with Gasteiger partial charge in [0.05, 0.1) is 6.26 Å². The molecule has 0 unspecified atom stereocenters. The van der Waals surface area contributed by atoms with E-state index >= 15 is 0 Å². The van der Waals surface area contributed by atoms with E-state index < -0.39 is 0 Å². The fourth-order valence-electron chi connectivity index (χ4n) is 1.64. The highest BCUT2D eigenvalue weighted by molar-refractivity contribution is 5.62. The second kappa shape index (κ2) is 4.94. The average molecular weight is 219 g/mol. The van der Waals surface area contributed by atoms with Gasteiger partial charge in [0.2, 0.25) is 0 Å². The summed E-state index contributed by atoms with van der Waals surface area (Å²) in [7, 11) is 0. The molecule has 0 fully saturated rings. The summed E-state index contributed by atoms with van der Waals surface area (Å²) in [5, 5.41) is 3.19. The van der Waals surface area contributed by atoms with Crippen molar-refractivity contribution in [2.24, 2.45) is 0 Å². The topological polar surface area (TPSA) is 25.2 Å². The maximum atomic E-state index is 13.2. The van der Waals surface area contributed by atoms with Gasteiger partial charge in [0.1, 0.15) is 11.6 Å². The Morgan fingerprint density at radius 3 is 2.88 bits per heavy atom. The summed E-state index contributed by atoms with van der Waals surface area (Å²) in [6, 6.07) is 8.45. The van der Waals surface area contributed by atoms with Crippen LogP contribution >= 0.6 is 0 Å². The second-order valence-electron chi connectivity index (χ2n) is 3.56. The molecule has 16 heavy (non-hydrogen) atoms. The molecule has 0 amide bonds. The van der Waals surface area contributed by atoms with Crippen molar-refractivity contribution in [2.45, 2.75) is 13.5 Å². The van der Waals surface area contributed by atoms with E-state index in [-0.39, 0.29) is 5.82 Å². The van der Waals surface area contributed by atoms with Crippen molar-refractivity contribution in [3.8, 4) is 11.3 Å². The molecule has 0 saturated carbocycles. The van der Waals surface area contributed by atoms with Crippen molar-refractivity contribution in [1.29, 1.82) is 0 Å². The molecule has 2 rings (SSSR count). The highest BCUT2D eigenvalue weighted by atomic mass is 19.1. The zero-order valence-corrected chi connectivity index (χ0v) is 9.16. The summed E-state index contributed by atoms with van der Waals surface area (Å²) in [4.78, 5) is 0. The Morgan fingerprint density at radius 1 is 1.31 bits per heavy atom. The van der Waals surface area contributed by atoms with Gasteiger partial charge in [-0.15, -0.1) is 0 Å². The van der Waals surface area contributed by atoms with Crippen molar-refractivity contribution >= 4 is 0 Å². The number of benzene rings is 1. The Bertz CT molecular complexity index is 451. The Kier molecular flexibility index (Phi) is 3.37. The molecule has 2 nitrogen and oxygen atoms in total. The fourth-order valence-corrected chi connectivity index (χ4v) is 1.64. The van der Waals surface area contributed by atoms with Crippen molar-refractivity contribution in [3.63, 3.8) is 0 Å². The predicted molar refractivity (Wildman–Crippen MR) is 61.5 cm³/mol. The molecular formula is C13H14FNO. The number of hydrogen-bond donors (Lipinski definition) is 1. The molecule has 1 aromatic carbocycles. The lowest BCUT2D eigenvalue weighted by Gasteiger charge is -2.08. The van der Waals surface area contributed by atoms with Gasteiger partial charge < -0.3 is 9.73 Å². The summed E-state index contributed by atoms with van der Waals surface area (Å²) in [6.45, 7) is 3.52. The van der Waals surface area contributed by atoms with E-state index in [0.717, 1.165) is 23.4 Å². The Morgan fingerprint density at radius 2 is 2.19 bits per heavy atom. The van der Waals surface area contributed by atoms with Crippen LogP contribution in [-0.2, 0) is 6.54 Å². The first-order valence-corrected chi connectivity index (χ1v) is 5.34. The van der Waals surface area contributed by atoms with Crippen LogP contribution in [0.2, 0.25) is 0 Å². The van der Waals surface area contributed by atoms with Crippen LogP contribution in [0.5, 0.6) is 0 Å². The Hall–Kier alpha value is -1.61. The molecule has 1 N–H and O–H groups in total. The molecule has 3 heteroatoms.